The third-order valence-electron chi connectivity index (χ3n) is 6.91. The van der Waals surface area contributed by atoms with Crippen molar-refractivity contribution in [1.82, 2.24) is 25.7 Å². The fourth-order valence-electron chi connectivity index (χ4n) is 4.64. The number of fused-ring (bicyclic) bond motifs is 1. The van der Waals surface area contributed by atoms with Crippen LogP contribution in [-0.4, -0.2) is 76.7 Å². The Kier molecular flexibility index (Phi) is 8.05. The van der Waals surface area contributed by atoms with E-state index in [2.05, 4.69) is 26.0 Å². The van der Waals surface area contributed by atoms with E-state index in [1.54, 1.807) is 0 Å². The van der Waals surface area contributed by atoms with E-state index in [1.807, 2.05) is 39.0 Å². The van der Waals surface area contributed by atoms with Gasteiger partial charge in [-0.1, -0.05) is 24.5 Å². The lowest BCUT2D eigenvalue weighted by molar-refractivity contribution is -0.196. The van der Waals surface area contributed by atoms with Crippen LogP contribution < -0.4 is 16.1 Å². The van der Waals surface area contributed by atoms with Gasteiger partial charge in [0.1, 0.15) is 5.82 Å². The molecule has 0 radical (unpaired) electrons. The topological polar surface area (TPSA) is 135 Å². The first-order chi connectivity index (χ1) is 17.6. The molecule has 2 aliphatic rings. The fraction of sp³-hybridized carbons (Fsp3) is 0.577. The number of nitrogens with one attached hydrogen (secondary N) is 3. The number of hydrazine groups is 1. The number of hydrogen-bond donors (Lipinski definition) is 3. The van der Waals surface area contributed by atoms with Crippen LogP contribution in [0.1, 0.15) is 62.6 Å². The van der Waals surface area contributed by atoms with Gasteiger partial charge in [-0.15, -0.1) is 0 Å². The molecule has 1 saturated heterocycles. The number of carbonyl (C=O) groups is 3. The third kappa shape index (κ3) is 5.58. The van der Waals surface area contributed by atoms with Crippen molar-refractivity contribution in [3.8, 4) is 0 Å². The molecule has 3 N–H and O–H groups in total. The minimum absolute atomic E-state index is 0.0627. The summed E-state index contributed by atoms with van der Waals surface area (Å²) in [4.78, 5) is 47.0. The summed E-state index contributed by atoms with van der Waals surface area (Å²) in [6, 6.07) is 5.47. The first-order valence-corrected chi connectivity index (χ1v) is 12.8. The summed E-state index contributed by atoms with van der Waals surface area (Å²) in [7, 11) is 1.35. The molecule has 0 bridgehead atoms. The van der Waals surface area contributed by atoms with Crippen molar-refractivity contribution in [2.45, 2.75) is 77.2 Å². The lowest BCUT2D eigenvalue weighted by Gasteiger charge is -2.45. The molecule has 3 amide bonds. The standard InChI is InChI=1S/C26H36N6O5/c1-15(2)37-13-12-27-23(33)22-28-18-11-10-16(3)14-17(18)21(30-22)29-19-8-6-7-9-20(19)31-32-24(34)26(4,36-5)25(32)35/h10-11,14-15,19-20,31H,6-9,12-13H2,1-5H3,(H,27,33)(H,28,29,30)/t19-,20+/m0/s1. The maximum atomic E-state index is 12.8. The summed E-state index contributed by atoms with van der Waals surface area (Å²) < 4.78 is 10.6. The summed E-state index contributed by atoms with van der Waals surface area (Å²) in [6.45, 7) is 8.08. The lowest BCUT2D eigenvalue weighted by atomic mass is 9.89. The van der Waals surface area contributed by atoms with E-state index in [0.717, 1.165) is 41.6 Å². The molecule has 2 fully saturated rings. The van der Waals surface area contributed by atoms with E-state index in [1.165, 1.54) is 14.0 Å². The number of amides is 3. The Morgan fingerprint density at radius 3 is 2.54 bits per heavy atom. The van der Waals surface area contributed by atoms with E-state index >= 15 is 0 Å². The maximum Gasteiger partial charge on any atom is 0.289 e. The zero-order valence-corrected chi connectivity index (χ0v) is 22.1. The van der Waals surface area contributed by atoms with Gasteiger partial charge in [0.2, 0.25) is 11.4 Å². The maximum absolute atomic E-state index is 12.8. The molecule has 37 heavy (non-hydrogen) atoms. The van der Waals surface area contributed by atoms with Gasteiger partial charge in [0.15, 0.2) is 0 Å². The van der Waals surface area contributed by atoms with Crippen LogP contribution in [0.5, 0.6) is 0 Å². The minimum atomic E-state index is -1.44. The molecule has 0 spiro atoms. The molecule has 200 valence electrons. The van der Waals surface area contributed by atoms with E-state index in [9.17, 15) is 14.4 Å². The van der Waals surface area contributed by atoms with Crippen LogP contribution in [0.4, 0.5) is 5.82 Å². The van der Waals surface area contributed by atoms with Gasteiger partial charge in [-0.2, -0.15) is 0 Å². The lowest BCUT2D eigenvalue weighted by Crippen LogP contribution is -2.76. The molecule has 1 saturated carbocycles. The third-order valence-corrected chi connectivity index (χ3v) is 6.91. The second-order valence-corrected chi connectivity index (χ2v) is 10.0. The summed E-state index contributed by atoms with van der Waals surface area (Å²) >= 11 is 0. The number of β-lactam (4-membered cyclic amide) rings is 2. The van der Waals surface area contributed by atoms with Crippen molar-refractivity contribution in [1.29, 1.82) is 0 Å². The summed E-state index contributed by atoms with van der Waals surface area (Å²) in [5, 5.41) is 8.16. The molecule has 0 unspecified atom stereocenters. The number of imide groups is 1. The predicted molar refractivity (Wildman–Crippen MR) is 138 cm³/mol. The largest absolute Gasteiger partial charge is 0.377 e. The molecule has 2 atom stereocenters. The van der Waals surface area contributed by atoms with Gasteiger partial charge >= 0.3 is 0 Å². The number of anilines is 1. The van der Waals surface area contributed by atoms with E-state index in [0.29, 0.717) is 24.5 Å². The van der Waals surface area contributed by atoms with Crippen molar-refractivity contribution in [2.75, 3.05) is 25.6 Å². The fourth-order valence-corrected chi connectivity index (χ4v) is 4.64. The Labute approximate surface area is 216 Å². The number of methoxy groups -OCH3 is 1. The molecule has 11 nitrogen and oxygen atoms in total. The Bertz CT molecular complexity index is 1170. The van der Waals surface area contributed by atoms with Crippen LogP contribution in [-0.2, 0) is 19.1 Å². The van der Waals surface area contributed by atoms with Crippen molar-refractivity contribution < 1.29 is 23.9 Å². The number of hydrogen-bond acceptors (Lipinski definition) is 9. The van der Waals surface area contributed by atoms with E-state index in [-0.39, 0.29) is 29.9 Å². The highest BCUT2D eigenvalue weighted by Crippen LogP contribution is 2.30. The number of aromatic nitrogens is 2. The SMILES string of the molecule is COC1(C)C(=O)N(N[C@@H]2CCCC[C@@H]2Nc2nc(C(=O)NCCOC(C)C)nc3ccc(C)cc23)C1=O. The summed E-state index contributed by atoms with van der Waals surface area (Å²) in [6.07, 6.45) is 3.60. The van der Waals surface area contributed by atoms with E-state index in [4.69, 9.17) is 9.47 Å². The van der Waals surface area contributed by atoms with Gasteiger partial charge in [0.05, 0.1) is 18.2 Å². The molecule has 4 rings (SSSR count). The molecule has 11 heteroatoms. The number of nitrogens with zero attached hydrogens (tertiary/aromatic N) is 3. The number of carbonyl (C=O) groups excluding carboxylic acids is 3. The van der Waals surface area contributed by atoms with Crippen molar-refractivity contribution in [3.63, 3.8) is 0 Å². The van der Waals surface area contributed by atoms with Gasteiger partial charge in [-0.3, -0.25) is 14.4 Å². The van der Waals surface area contributed by atoms with Crippen LogP contribution in [0.15, 0.2) is 18.2 Å². The molecule has 2 aromatic rings. The Morgan fingerprint density at radius 1 is 1.16 bits per heavy atom. The van der Waals surface area contributed by atoms with E-state index < -0.39 is 17.4 Å². The Balaban J connectivity index is 1.55. The zero-order chi connectivity index (χ0) is 26.7. The molecule has 1 aliphatic carbocycles. The first kappa shape index (κ1) is 26.9. The molecule has 1 aromatic heterocycles. The van der Waals surface area contributed by atoms with Crippen LogP contribution in [0, 0.1) is 6.92 Å². The van der Waals surface area contributed by atoms with Crippen molar-refractivity contribution >= 4 is 34.4 Å². The van der Waals surface area contributed by atoms with Crippen LogP contribution in [0.2, 0.25) is 0 Å². The molecule has 1 aliphatic heterocycles. The Hall–Kier alpha value is -3.15. The molecule has 2 heterocycles. The Morgan fingerprint density at radius 2 is 1.86 bits per heavy atom. The van der Waals surface area contributed by atoms with Crippen LogP contribution >= 0.6 is 0 Å². The van der Waals surface area contributed by atoms with Crippen LogP contribution in [0.3, 0.4) is 0 Å². The predicted octanol–water partition coefficient (Wildman–Crippen LogP) is 2.09. The highest BCUT2D eigenvalue weighted by Gasteiger charge is 2.59. The first-order valence-electron chi connectivity index (χ1n) is 12.8. The second kappa shape index (κ2) is 11.1. The summed E-state index contributed by atoms with van der Waals surface area (Å²) in [5.41, 5.74) is 3.36. The quantitative estimate of drug-likeness (QED) is 0.248. The van der Waals surface area contributed by atoms with Gasteiger partial charge in [0.25, 0.3) is 17.7 Å². The molecular formula is C26H36N6O5. The van der Waals surface area contributed by atoms with Crippen molar-refractivity contribution in [2.24, 2.45) is 0 Å². The average Bonchev–Trinajstić information content (AvgIpc) is 2.89. The molecular weight excluding hydrogens is 476 g/mol. The summed E-state index contributed by atoms with van der Waals surface area (Å²) in [5.74, 6) is -0.598. The van der Waals surface area contributed by atoms with Gasteiger partial charge in [0, 0.05) is 31.1 Å². The minimum Gasteiger partial charge on any atom is -0.377 e. The highest BCUT2D eigenvalue weighted by atomic mass is 16.5. The average molecular weight is 513 g/mol. The number of ether oxygens (including phenoxy) is 2. The monoisotopic (exact) mass is 512 g/mol. The zero-order valence-electron chi connectivity index (χ0n) is 22.1. The van der Waals surface area contributed by atoms with Gasteiger partial charge < -0.3 is 20.1 Å². The highest BCUT2D eigenvalue weighted by molar-refractivity contribution is 6.24. The molecule has 1 aromatic carbocycles. The second-order valence-electron chi connectivity index (χ2n) is 10.0. The van der Waals surface area contributed by atoms with Crippen LogP contribution in [0.25, 0.3) is 10.9 Å². The smallest absolute Gasteiger partial charge is 0.289 e. The number of rotatable bonds is 10. The van der Waals surface area contributed by atoms with Crippen molar-refractivity contribution in [3.05, 3.63) is 29.6 Å². The van der Waals surface area contributed by atoms with Gasteiger partial charge in [-0.25, -0.2) is 20.4 Å². The number of aryl methyl sites for hydroxylation is 1. The normalized spacial score (nSPS) is 21.3. The number of benzene rings is 1. The van der Waals surface area contributed by atoms with Gasteiger partial charge in [-0.05, 0) is 52.7 Å².